The molecule has 0 radical (unpaired) electrons. The van der Waals surface area contributed by atoms with Gasteiger partial charge < -0.3 is 30.9 Å². The van der Waals surface area contributed by atoms with E-state index in [1.807, 2.05) is 0 Å². The zero-order valence-corrected chi connectivity index (χ0v) is 23.2. The van der Waals surface area contributed by atoms with Crippen LogP contribution in [0.25, 0.3) is 5.76 Å². The minimum absolute atomic E-state index is 0.0331. The van der Waals surface area contributed by atoms with Crippen LogP contribution in [0.2, 0.25) is 0 Å². The largest absolute Gasteiger partial charge is 0.508 e. The molecule has 1 saturated carbocycles. The Bertz CT molecular complexity index is 1410. The van der Waals surface area contributed by atoms with Crippen LogP contribution in [0, 0.1) is 17.8 Å². The van der Waals surface area contributed by atoms with Crippen LogP contribution in [0.15, 0.2) is 29.0 Å². The first-order valence-corrected chi connectivity index (χ1v) is 13.6. The van der Waals surface area contributed by atoms with Crippen LogP contribution in [0.5, 0.6) is 5.75 Å². The molecule has 12 heteroatoms. The van der Waals surface area contributed by atoms with Gasteiger partial charge in [0.05, 0.1) is 24.6 Å². The third kappa shape index (κ3) is 4.32. The van der Waals surface area contributed by atoms with E-state index in [0.29, 0.717) is 38.0 Å². The van der Waals surface area contributed by atoms with E-state index >= 15 is 0 Å². The van der Waals surface area contributed by atoms with Gasteiger partial charge in [-0.3, -0.25) is 29.0 Å². The van der Waals surface area contributed by atoms with Crippen LogP contribution in [0.3, 0.4) is 0 Å². The van der Waals surface area contributed by atoms with E-state index in [0.717, 1.165) is 5.56 Å². The maximum absolute atomic E-state index is 13.9. The number of piperidine rings is 1. The van der Waals surface area contributed by atoms with E-state index in [-0.39, 0.29) is 41.6 Å². The van der Waals surface area contributed by atoms with Crippen molar-refractivity contribution in [1.29, 1.82) is 0 Å². The Hall–Kier alpha value is -3.74. The Kier molecular flexibility index (Phi) is 7.21. The monoisotopic (exact) mass is 569 g/mol. The van der Waals surface area contributed by atoms with E-state index in [2.05, 4.69) is 4.90 Å². The molecule has 5 rings (SSSR count). The Labute approximate surface area is 236 Å². The van der Waals surface area contributed by atoms with Gasteiger partial charge in [-0.05, 0) is 76.0 Å². The number of aromatic hydroxyl groups is 1. The molecular formula is C29H35N3O9. The highest BCUT2D eigenvalue weighted by molar-refractivity contribution is 6.24. The minimum atomic E-state index is -2.66. The van der Waals surface area contributed by atoms with Gasteiger partial charge in [-0.2, -0.15) is 0 Å². The third-order valence-electron chi connectivity index (χ3n) is 9.22. The number of carbonyl (C=O) groups excluding carboxylic acids is 4. The summed E-state index contributed by atoms with van der Waals surface area (Å²) in [5.74, 6) is -7.11. The molecule has 6 N–H and O–H groups in total. The van der Waals surface area contributed by atoms with E-state index in [1.54, 1.807) is 20.2 Å². The summed E-state index contributed by atoms with van der Waals surface area (Å²) in [5, 5.41) is 44.8. The first kappa shape index (κ1) is 28.8. The molecule has 1 aromatic carbocycles. The highest BCUT2D eigenvalue weighted by Gasteiger charge is 2.64. The van der Waals surface area contributed by atoms with Crippen LogP contribution < -0.4 is 5.73 Å². The van der Waals surface area contributed by atoms with Gasteiger partial charge in [0.1, 0.15) is 22.8 Å². The van der Waals surface area contributed by atoms with Crippen LogP contribution >= 0.6 is 0 Å². The molecule has 1 saturated heterocycles. The van der Waals surface area contributed by atoms with Crippen molar-refractivity contribution in [3.8, 4) is 5.75 Å². The number of aliphatic hydroxyl groups is 3. The number of carbonyl (C=O) groups is 4. The summed E-state index contributed by atoms with van der Waals surface area (Å²) in [6.07, 6.45) is 1.55. The molecular weight excluding hydrogens is 534 g/mol. The van der Waals surface area contributed by atoms with Gasteiger partial charge in [-0.1, -0.05) is 6.07 Å². The molecule has 4 atom stereocenters. The molecule has 0 unspecified atom stereocenters. The van der Waals surface area contributed by atoms with Crippen LogP contribution in [-0.4, -0.2) is 99.6 Å². The number of nitrogens with zero attached hydrogens (tertiary/aromatic N) is 2. The van der Waals surface area contributed by atoms with Crippen molar-refractivity contribution in [3.63, 3.8) is 0 Å². The van der Waals surface area contributed by atoms with Gasteiger partial charge in [-0.15, -0.1) is 0 Å². The lowest BCUT2D eigenvalue weighted by atomic mass is 9.57. The topological polar surface area (TPSA) is 191 Å². The fourth-order valence-electron chi connectivity index (χ4n) is 7.19. The summed E-state index contributed by atoms with van der Waals surface area (Å²) >= 11 is 0. The summed E-state index contributed by atoms with van der Waals surface area (Å²) in [4.78, 5) is 54.9. The number of ketones is 2. The van der Waals surface area contributed by atoms with Crippen molar-refractivity contribution in [2.24, 2.45) is 23.5 Å². The zero-order chi connectivity index (χ0) is 30.0. The SMILES string of the molecule is COC(=O)C1CCN(Cc2ccc(O)c3c2C[C@H]2C[C@H]4[C@H](N(C)C)C(=O)C(C(N)=O)=C(O)[C@@]4(O)C(=O)C2=C3O)CC1. The first-order chi connectivity index (χ1) is 19.3. The molecule has 1 amide bonds. The number of hydrogen-bond donors (Lipinski definition) is 5. The number of fused-ring (bicyclic) bond motifs is 3. The number of rotatable bonds is 5. The van der Waals surface area contributed by atoms with Crippen LogP contribution in [-0.2, 0) is 36.9 Å². The number of ether oxygens (including phenoxy) is 1. The van der Waals surface area contributed by atoms with Crippen molar-refractivity contribution in [2.45, 2.75) is 43.9 Å². The van der Waals surface area contributed by atoms with Crippen molar-refractivity contribution in [1.82, 2.24) is 9.80 Å². The second-order valence-corrected chi connectivity index (χ2v) is 11.6. The average molecular weight is 570 g/mol. The fraction of sp³-hybridized carbons (Fsp3) is 0.517. The number of primary amides is 1. The molecule has 1 heterocycles. The maximum atomic E-state index is 13.9. The fourth-order valence-corrected chi connectivity index (χ4v) is 7.19. The Balaban J connectivity index is 1.55. The first-order valence-electron chi connectivity index (χ1n) is 13.6. The molecule has 220 valence electrons. The minimum Gasteiger partial charge on any atom is -0.508 e. The summed E-state index contributed by atoms with van der Waals surface area (Å²) < 4.78 is 4.87. The van der Waals surface area contributed by atoms with Crippen molar-refractivity contribution in [2.75, 3.05) is 34.3 Å². The van der Waals surface area contributed by atoms with Crippen molar-refractivity contribution >= 4 is 29.2 Å². The smallest absolute Gasteiger partial charge is 0.308 e. The number of Topliss-reactive ketones (excluding diaryl/α,β-unsaturated/α-hetero) is 2. The number of hydrogen-bond acceptors (Lipinski definition) is 11. The molecule has 0 aromatic heterocycles. The predicted molar refractivity (Wildman–Crippen MR) is 144 cm³/mol. The second-order valence-electron chi connectivity index (χ2n) is 11.6. The summed E-state index contributed by atoms with van der Waals surface area (Å²) in [7, 11) is 4.50. The standard InChI is InChI=1S/C29H35N3O9/c1-31(2)22-17-11-15-10-16-14(12-32-8-6-13(7-9-32)28(39)41-3)4-5-18(33)20(16)23(34)19(15)25(36)29(17,40)26(37)21(24(22)35)27(30)38/h4-5,13,15,17,22,33-34,37,40H,6-12H2,1-3H3,(H2,30,38)/t15-,17-,22-,29-/m0/s1. The Morgan fingerprint density at radius 2 is 1.80 bits per heavy atom. The summed E-state index contributed by atoms with van der Waals surface area (Å²) in [6.45, 7) is 1.79. The maximum Gasteiger partial charge on any atom is 0.308 e. The average Bonchev–Trinajstić information content (AvgIpc) is 2.91. The molecule has 1 aromatic rings. The Morgan fingerprint density at radius 3 is 2.39 bits per heavy atom. The molecule has 0 spiro atoms. The number of phenolic OH excluding ortho intramolecular Hbond substituents is 1. The normalized spacial score (nSPS) is 28.9. The summed E-state index contributed by atoms with van der Waals surface area (Å²) in [5.41, 5.74) is 3.23. The van der Waals surface area contributed by atoms with Gasteiger partial charge in [0.25, 0.3) is 5.91 Å². The van der Waals surface area contributed by atoms with Gasteiger partial charge >= 0.3 is 5.97 Å². The van der Waals surface area contributed by atoms with E-state index in [9.17, 15) is 39.6 Å². The van der Waals surface area contributed by atoms with E-state index < -0.39 is 58.0 Å². The van der Waals surface area contributed by atoms with Crippen molar-refractivity contribution in [3.05, 3.63) is 45.7 Å². The predicted octanol–water partition coefficient (Wildman–Crippen LogP) is 0.349. The van der Waals surface area contributed by atoms with Gasteiger partial charge in [0.15, 0.2) is 11.4 Å². The van der Waals surface area contributed by atoms with Crippen LogP contribution in [0.4, 0.5) is 0 Å². The number of likely N-dealkylation sites (tertiary alicyclic amines) is 1. The second kappa shape index (κ2) is 10.3. The van der Waals surface area contributed by atoms with Gasteiger partial charge in [0, 0.05) is 18.0 Å². The number of phenols is 1. The lowest BCUT2D eigenvalue weighted by Crippen LogP contribution is -2.65. The number of benzene rings is 1. The van der Waals surface area contributed by atoms with Gasteiger partial charge in [-0.25, -0.2) is 0 Å². The highest BCUT2D eigenvalue weighted by atomic mass is 16.5. The number of likely N-dealkylation sites (N-methyl/N-ethyl adjacent to an activating group) is 1. The number of amides is 1. The number of methoxy groups -OCH3 is 1. The molecule has 1 aliphatic heterocycles. The molecule has 2 fully saturated rings. The van der Waals surface area contributed by atoms with Gasteiger partial charge in [0.2, 0.25) is 5.78 Å². The van der Waals surface area contributed by atoms with Crippen molar-refractivity contribution < 1.29 is 44.3 Å². The van der Waals surface area contributed by atoms with E-state index in [1.165, 1.54) is 18.1 Å². The highest BCUT2D eigenvalue weighted by Crippen LogP contribution is 2.53. The lowest BCUT2D eigenvalue weighted by molar-refractivity contribution is -0.153. The third-order valence-corrected chi connectivity index (χ3v) is 9.22. The number of nitrogens with two attached hydrogens (primary N) is 1. The quantitative estimate of drug-likeness (QED) is 0.243. The van der Waals surface area contributed by atoms with E-state index in [4.69, 9.17) is 10.5 Å². The molecule has 4 aliphatic rings. The van der Waals surface area contributed by atoms with Crippen LogP contribution in [0.1, 0.15) is 36.0 Å². The number of aliphatic hydroxyl groups excluding tert-OH is 2. The Morgan fingerprint density at radius 1 is 1.15 bits per heavy atom. The zero-order valence-electron chi connectivity index (χ0n) is 23.2. The molecule has 0 bridgehead atoms. The number of esters is 1. The molecule has 12 nitrogen and oxygen atoms in total. The molecule has 41 heavy (non-hydrogen) atoms. The lowest BCUT2D eigenvalue weighted by Gasteiger charge is -2.50. The summed E-state index contributed by atoms with van der Waals surface area (Å²) in [6, 6.07) is 2.06. The molecule has 3 aliphatic carbocycles.